The number of ketones is 1. The first-order chi connectivity index (χ1) is 18.2. The molecule has 1 aliphatic rings. The third kappa shape index (κ3) is 3.55. The maximum Gasteiger partial charge on any atom is 0.301 e. The fraction of sp³-hybridized carbons (Fsp3) is 0.200. The molecule has 3 aromatic heterocycles. The number of anilines is 1. The van der Waals surface area contributed by atoms with Crippen molar-refractivity contribution in [3.05, 3.63) is 99.5 Å². The van der Waals surface area contributed by atoms with Crippen molar-refractivity contribution in [2.45, 2.75) is 40.7 Å². The number of benzene rings is 2. The van der Waals surface area contributed by atoms with E-state index in [2.05, 4.69) is 4.98 Å². The van der Waals surface area contributed by atoms with Crippen LogP contribution in [-0.2, 0) is 9.59 Å². The van der Waals surface area contributed by atoms with Gasteiger partial charge in [-0.2, -0.15) is 0 Å². The van der Waals surface area contributed by atoms with Gasteiger partial charge in [-0.1, -0.05) is 53.3 Å². The second kappa shape index (κ2) is 8.63. The van der Waals surface area contributed by atoms with E-state index >= 15 is 0 Å². The highest BCUT2D eigenvalue weighted by Gasteiger charge is 2.48. The first kappa shape index (κ1) is 24.1. The number of carbonyl (C=O) groups is 2. The van der Waals surface area contributed by atoms with Crippen LogP contribution >= 0.6 is 11.3 Å². The summed E-state index contributed by atoms with van der Waals surface area (Å²) in [5, 5.41) is 12.1. The molecule has 0 bridgehead atoms. The molecule has 1 fully saturated rings. The number of imidazole rings is 1. The lowest BCUT2D eigenvalue weighted by Gasteiger charge is -2.23. The van der Waals surface area contributed by atoms with Gasteiger partial charge in [0.05, 0.1) is 27.5 Å². The van der Waals surface area contributed by atoms with E-state index in [0.29, 0.717) is 22.0 Å². The average Bonchev–Trinajstić information content (AvgIpc) is 3.53. The molecule has 0 radical (unpaired) electrons. The van der Waals surface area contributed by atoms with Gasteiger partial charge >= 0.3 is 5.91 Å². The lowest BCUT2D eigenvalue weighted by Crippen LogP contribution is -2.29. The molecule has 4 heterocycles. The van der Waals surface area contributed by atoms with Gasteiger partial charge in [0.2, 0.25) is 0 Å². The number of aromatic nitrogens is 3. The number of carbonyl (C=O) groups excluding carboxylic acids is 2. The normalized spacial score (nSPS) is 17.3. The van der Waals surface area contributed by atoms with E-state index in [0.717, 1.165) is 32.5 Å². The summed E-state index contributed by atoms with van der Waals surface area (Å²) in [5.41, 5.74) is 7.24. The molecule has 1 aliphatic heterocycles. The number of nitrogens with zero attached hydrogens (tertiary/aromatic N) is 4. The minimum atomic E-state index is -0.845. The molecule has 8 heteroatoms. The van der Waals surface area contributed by atoms with Crippen LogP contribution in [-0.4, -0.2) is 31.2 Å². The highest BCUT2D eigenvalue weighted by molar-refractivity contribution is 7.22. The standard InChI is InChI=1S/C30H26N4O3S/c1-15-8-10-20(11-9-15)25-22(26(35)24-19(5)33-12-6-7-17(3)28(33)31-24)27(36)29(37)34(25)30-32-23-18(4)13-16(2)14-21(23)38-30/h6-14,25,35H,1-5H3/b26-22+. The van der Waals surface area contributed by atoms with Gasteiger partial charge in [0.25, 0.3) is 5.78 Å². The quantitative estimate of drug-likeness (QED) is 0.175. The van der Waals surface area contributed by atoms with Gasteiger partial charge in [-0.05, 0) is 69.0 Å². The molecule has 0 saturated carbocycles. The number of amides is 1. The third-order valence-electron chi connectivity index (χ3n) is 7.17. The van der Waals surface area contributed by atoms with E-state index in [1.165, 1.54) is 16.2 Å². The fourth-order valence-electron chi connectivity index (χ4n) is 5.23. The van der Waals surface area contributed by atoms with Crippen molar-refractivity contribution in [3.8, 4) is 0 Å². The molecule has 7 nitrogen and oxygen atoms in total. The molecule has 1 saturated heterocycles. The number of rotatable bonds is 3. The zero-order valence-electron chi connectivity index (χ0n) is 21.7. The first-order valence-electron chi connectivity index (χ1n) is 12.4. The molecule has 1 atom stereocenters. The number of pyridine rings is 1. The van der Waals surface area contributed by atoms with Crippen molar-refractivity contribution in [2.24, 2.45) is 0 Å². The lowest BCUT2D eigenvalue weighted by atomic mass is 9.96. The van der Waals surface area contributed by atoms with E-state index in [1.807, 2.05) is 93.7 Å². The van der Waals surface area contributed by atoms with Crippen LogP contribution in [0.15, 0.2) is 60.3 Å². The molecule has 1 N–H and O–H groups in total. The summed E-state index contributed by atoms with van der Waals surface area (Å²) in [5.74, 6) is -1.76. The molecular formula is C30H26N4O3S. The second-order valence-electron chi connectivity index (χ2n) is 9.94. The van der Waals surface area contributed by atoms with E-state index in [4.69, 9.17) is 4.98 Å². The highest BCUT2D eigenvalue weighted by atomic mass is 32.1. The topological polar surface area (TPSA) is 87.8 Å². The Bertz CT molecular complexity index is 1830. The van der Waals surface area contributed by atoms with E-state index < -0.39 is 17.7 Å². The number of aliphatic hydroxyl groups excluding tert-OH is 1. The Morgan fingerprint density at radius 2 is 1.66 bits per heavy atom. The van der Waals surface area contributed by atoms with Crippen molar-refractivity contribution in [2.75, 3.05) is 4.90 Å². The number of thiazole rings is 1. The Morgan fingerprint density at radius 3 is 2.37 bits per heavy atom. The van der Waals surface area contributed by atoms with Crippen LogP contribution in [0.4, 0.5) is 5.13 Å². The number of aliphatic hydroxyl groups is 1. The van der Waals surface area contributed by atoms with Gasteiger partial charge in [-0.15, -0.1) is 0 Å². The van der Waals surface area contributed by atoms with E-state index in [-0.39, 0.29) is 17.0 Å². The Hall–Kier alpha value is -4.30. The second-order valence-corrected chi connectivity index (χ2v) is 10.9. The maximum atomic E-state index is 13.6. The summed E-state index contributed by atoms with van der Waals surface area (Å²) in [6.45, 7) is 9.75. The monoisotopic (exact) mass is 522 g/mol. The zero-order chi connectivity index (χ0) is 26.9. The third-order valence-corrected chi connectivity index (χ3v) is 8.17. The molecule has 1 amide bonds. The van der Waals surface area contributed by atoms with Crippen molar-refractivity contribution in [3.63, 3.8) is 0 Å². The molecule has 190 valence electrons. The smallest absolute Gasteiger partial charge is 0.301 e. The van der Waals surface area contributed by atoms with Crippen molar-refractivity contribution < 1.29 is 14.7 Å². The molecule has 6 rings (SSSR count). The van der Waals surface area contributed by atoms with E-state index in [1.54, 1.807) is 0 Å². The van der Waals surface area contributed by atoms with Gasteiger partial charge < -0.3 is 9.51 Å². The summed E-state index contributed by atoms with van der Waals surface area (Å²) in [4.78, 5) is 38.1. The minimum Gasteiger partial charge on any atom is -0.505 e. The molecule has 38 heavy (non-hydrogen) atoms. The molecule has 0 spiro atoms. The minimum absolute atomic E-state index is 0.00942. The predicted octanol–water partition coefficient (Wildman–Crippen LogP) is 6.11. The Labute approximate surface area is 223 Å². The Balaban J connectivity index is 1.60. The highest BCUT2D eigenvalue weighted by Crippen LogP contribution is 2.45. The summed E-state index contributed by atoms with van der Waals surface area (Å²) >= 11 is 1.37. The predicted molar refractivity (Wildman–Crippen MR) is 150 cm³/mol. The zero-order valence-corrected chi connectivity index (χ0v) is 22.6. The number of hydrogen-bond acceptors (Lipinski definition) is 6. The van der Waals surface area contributed by atoms with Crippen LogP contribution in [0.3, 0.4) is 0 Å². The molecule has 5 aromatic rings. The number of fused-ring (bicyclic) bond motifs is 2. The van der Waals surface area contributed by atoms with Crippen LogP contribution < -0.4 is 4.90 Å². The largest absolute Gasteiger partial charge is 0.505 e. The van der Waals surface area contributed by atoms with E-state index in [9.17, 15) is 14.7 Å². The maximum absolute atomic E-state index is 13.6. The van der Waals surface area contributed by atoms with Crippen LogP contribution in [0.2, 0.25) is 0 Å². The van der Waals surface area contributed by atoms with Crippen LogP contribution in [0.5, 0.6) is 0 Å². The van der Waals surface area contributed by atoms with Gasteiger partial charge in [0.15, 0.2) is 10.9 Å². The Kier molecular flexibility index (Phi) is 5.47. The Morgan fingerprint density at radius 1 is 0.921 bits per heavy atom. The summed E-state index contributed by atoms with van der Waals surface area (Å²) in [7, 11) is 0. The summed E-state index contributed by atoms with van der Waals surface area (Å²) in [6, 6.07) is 14.7. The molecular weight excluding hydrogens is 496 g/mol. The molecule has 0 aliphatic carbocycles. The first-order valence-corrected chi connectivity index (χ1v) is 13.2. The van der Waals surface area contributed by atoms with Crippen molar-refractivity contribution in [1.82, 2.24) is 14.4 Å². The van der Waals surface area contributed by atoms with Gasteiger partial charge in [-0.25, -0.2) is 9.97 Å². The van der Waals surface area contributed by atoms with Crippen molar-refractivity contribution >= 4 is 49.8 Å². The SMILES string of the molecule is Cc1ccc(C2/C(=C(\O)c3nc4c(C)cccn4c3C)C(=O)C(=O)N2c2nc3c(C)cc(C)cc3s2)cc1. The van der Waals surface area contributed by atoms with Crippen LogP contribution in [0.25, 0.3) is 21.6 Å². The van der Waals surface area contributed by atoms with Crippen LogP contribution in [0.1, 0.15) is 45.2 Å². The number of hydrogen-bond donors (Lipinski definition) is 1. The summed E-state index contributed by atoms with van der Waals surface area (Å²) in [6.07, 6.45) is 1.86. The van der Waals surface area contributed by atoms with Crippen molar-refractivity contribution in [1.29, 1.82) is 0 Å². The van der Waals surface area contributed by atoms with Crippen LogP contribution in [0, 0.1) is 34.6 Å². The lowest BCUT2D eigenvalue weighted by molar-refractivity contribution is -0.132. The summed E-state index contributed by atoms with van der Waals surface area (Å²) < 4.78 is 2.81. The average molecular weight is 523 g/mol. The molecule has 2 aromatic carbocycles. The van der Waals surface area contributed by atoms with Gasteiger partial charge in [-0.3, -0.25) is 14.5 Å². The fourth-order valence-corrected chi connectivity index (χ4v) is 6.40. The number of Topliss-reactive ketones (excluding diaryl/α,β-unsaturated/α-hetero) is 1. The molecule has 1 unspecified atom stereocenters. The van der Waals surface area contributed by atoms with Gasteiger partial charge in [0, 0.05) is 6.20 Å². The van der Waals surface area contributed by atoms with Gasteiger partial charge in [0.1, 0.15) is 11.3 Å². The number of aryl methyl sites for hydroxylation is 5.